The van der Waals surface area contributed by atoms with E-state index in [1.54, 1.807) is 13.2 Å². The smallest absolute Gasteiger partial charge is 0.252 e. The van der Waals surface area contributed by atoms with Crippen molar-refractivity contribution in [2.45, 2.75) is 24.8 Å². The van der Waals surface area contributed by atoms with Crippen molar-refractivity contribution in [3.63, 3.8) is 0 Å². The van der Waals surface area contributed by atoms with Crippen molar-refractivity contribution < 1.29 is 14.3 Å². The van der Waals surface area contributed by atoms with Crippen LogP contribution in [0.25, 0.3) is 0 Å². The summed E-state index contributed by atoms with van der Waals surface area (Å²) in [5.74, 6) is 0.0237. The molecule has 0 spiro atoms. The Hall–Kier alpha value is -2.31. The number of ether oxygens (including phenoxy) is 1. The Kier molecular flexibility index (Phi) is 8.36. The third-order valence-electron chi connectivity index (χ3n) is 4.12. The van der Waals surface area contributed by atoms with Crippen molar-refractivity contribution in [1.29, 1.82) is 0 Å². The number of hydrogen-bond acceptors (Lipinski definition) is 4. The lowest BCUT2D eigenvalue weighted by molar-refractivity contribution is -0.118. The fourth-order valence-corrected chi connectivity index (χ4v) is 3.57. The zero-order valence-electron chi connectivity index (χ0n) is 16.0. The minimum absolute atomic E-state index is 0.0828. The van der Waals surface area contributed by atoms with Gasteiger partial charge in [0, 0.05) is 18.6 Å². The lowest BCUT2D eigenvalue weighted by Crippen LogP contribution is -2.29. The zero-order valence-corrected chi connectivity index (χ0v) is 16.8. The molecule has 6 heteroatoms. The third-order valence-corrected chi connectivity index (χ3v) is 5.19. The Bertz CT molecular complexity index is 780. The molecule has 2 N–H and O–H groups in total. The van der Waals surface area contributed by atoms with Crippen molar-refractivity contribution in [2.75, 3.05) is 26.0 Å². The van der Waals surface area contributed by atoms with E-state index in [-0.39, 0.29) is 23.6 Å². The molecule has 144 valence electrons. The summed E-state index contributed by atoms with van der Waals surface area (Å²) in [7, 11) is 1.59. The van der Waals surface area contributed by atoms with Gasteiger partial charge in [-0.15, -0.1) is 11.8 Å². The van der Waals surface area contributed by atoms with Crippen LogP contribution in [0.15, 0.2) is 53.4 Å². The van der Waals surface area contributed by atoms with Crippen LogP contribution in [0.2, 0.25) is 0 Å². The number of amides is 2. The average molecular weight is 387 g/mol. The summed E-state index contributed by atoms with van der Waals surface area (Å²) in [5, 5.41) is 5.83. The Morgan fingerprint density at radius 2 is 1.81 bits per heavy atom. The fraction of sp³-hybridized carbons (Fsp3) is 0.333. The lowest BCUT2D eigenvalue weighted by Gasteiger charge is -2.17. The van der Waals surface area contributed by atoms with E-state index in [1.165, 1.54) is 11.8 Å². The van der Waals surface area contributed by atoms with Gasteiger partial charge in [-0.1, -0.05) is 36.4 Å². The number of hydrogen-bond donors (Lipinski definition) is 2. The summed E-state index contributed by atoms with van der Waals surface area (Å²) < 4.78 is 4.91. The molecule has 0 radical (unpaired) electrons. The summed E-state index contributed by atoms with van der Waals surface area (Å²) in [6.45, 7) is 4.96. The molecule has 0 bridgehead atoms. The van der Waals surface area contributed by atoms with Crippen molar-refractivity contribution in [3.05, 3.63) is 65.2 Å². The molecule has 0 aliphatic carbocycles. The topological polar surface area (TPSA) is 67.4 Å². The maximum absolute atomic E-state index is 12.8. The van der Waals surface area contributed by atoms with Gasteiger partial charge in [0.05, 0.1) is 24.0 Å². The average Bonchev–Trinajstić information content (AvgIpc) is 2.67. The van der Waals surface area contributed by atoms with E-state index in [4.69, 9.17) is 4.74 Å². The molecule has 0 aliphatic heterocycles. The van der Waals surface area contributed by atoms with Crippen LogP contribution in [0.3, 0.4) is 0 Å². The fourth-order valence-electron chi connectivity index (χ4n) is 2.69. The normalized spacial score (nSPS) is 11.7. The van der Waals surface area contributed by atoms with E-state index >= 15 is 0 Å². The first kappa shape index (κ1) is 21.0. The van der Waals surface area contributed by atoms with E-state index in [1.807, 2.05) is 56.3 Å². The van der Waals surface area contributed by atoms with Gasteiger partial charge in [-0.25, -0.2) is 0 Å². The summed E-state index contributed by atoms with van der Waals surface area (Å²) in [5.41, 5.74) is 2.81. The maximum atomic E-state index is 12.8. The predicted molar refractivity (Wildman–Crippen MR) is 109 cm³/mol. The first-order valence-electron chi connectivity index (χ1n) is 8.86. The number of methoxy groups -OCH3 is 1. The molecule has 5 nitrogen and oxygen atoms in total. The van der Waals surface area contributed by atoms with Crippen LogP contribution < -0.4 is 10.6 Å². The minimum atomic E-state index is -0.145. The van der Waals surface area contributed by atoms with Crippen LogP contribution in [-0.2, 0) is 9.53 Å². The van der Waals surface area contributed by atoms with Crippen LogP contribution in [0.5, 0.6) is 0 Å². The highest BCUT2D eigenvalue weighted by atomic mass is 32.2. The van der Waals surface area contributed by atoms with E-state index in [2.05, 4.69) is 10.6 Å². The Labute approximate surface area is 164 Å². The molecule has 0 heterocycles. The third kappa shape index (κ3) is 6.41. The van der Waals surface area contributed by atoms with Gasteiger partial charge in [-0.2, -0.15) is 0 Å². The van der Waals surface area contributed by atoms with E-state index in [0.717, 1.165) is 16.0 Å². The molecule has 1 unspecified atom stereocenters. The van der Waals surface area contributed by atoms with Gasteiger partial charge in [0.2, 0.25) is 5.91 Å². The molecule has 2 aromatic carbocycles. The Morgan fingerprint density at radius 3 is 2.56 bits per heavy atom. The van der Waals surface area contributed by atoms with Crippen LogP contribution >= 0.6 is 11.8 Å². The molecule has 2 aromatic rings. The number of thioether (sulfide) groups is 1. The van der Waals surface area contributed by atoms with Crippen LogP contribution in [0.4, 0.5) is 0 Å². The van der Waals surface area contributed by atoms with E-state index < -0.39 is 0 Å². The summed E-state index contributed by atoms with van der Waals surface area (Å²) in [6, 6.07) is 15.2. The number of nitrogens with one attached hydrogen (secondary N) is 2. The molecule has 0 saturated heterocycles. The van der Waals surface area contributed by atoms with Crippen LogP contribution in [-0.4, -0.2) is 37.8 Å². The van der Waals surface area contributed by atoms with Gasteiger partial charge >= 0.3 is 0 Å². The highest BCUT2D eigenvalue weighted by Crippen LogP contribution is 2.24. The molecule has 27 heavy (non-hydrogen) atoms. The molecule has 0 fully saturated rings. The van der Waals surface area contributed by atoms with Crippen molar-refractivity contribution >= 4 is 23.6 Å². The van der Waals surface area contributed by atoms with Gasteiger partial charge < -0.3 is 15.4 Å². The minimum Gasteiger partial charge on any atom is -0.383 e. The molecule has 1 atom stereocenters. The molecular weight excluding hydrogens is 360 g/mol. The van der Waals surface area contributed by atoms with Gasteiger partial charge in [0.15, 0.2) is 0 Å². The van der Waals surface area contributed by atoms with Gasteiger partial charge in [0.25, 0.3) is 5.91 Å². The number of aryl methyl sites for hydroxylation is 1. The van der Waals surface area contributed by atoms with Crippen molar-refractivity contribution in [3.8, 4) is 0 Å². The lowest BCUT2D eigenvalue weighted by atomic mass is 10.0. The second-order valence-electron chi connectivity index (χ2n) is 6.18. The highest BCUT2D eigenvalue weighted by Gasteiger charge is 2.16. The first-order chi connectivity index (χ1) is 13.0. The Morgan fingerprint density at radius 1 is 1.11 bits per heavy atom. The molecule has 0 saturated carbocycles. The number of carbonyl (C=O) groups excluding carboxylic acids is 2. The van der Waals surface area contributed by atoms with Crippen molar-refractivity contribution in [1.82, 2.24) is 10.6 Å². The number of benzene rings is 2. The monoisotopic (exact) mass is 386 g/mol. The van der Waals surface area contributed by atoms with Gasteiger partial charge in [0.1, 0.15) is 0 Å². The standard InChI is InChI=1S/C21H26N2O3S/c1-15-8-4-5-9-17(15)16(2)23-21(25)18-10-6-7-11-19(18)27-14-20(24)22-12-13-26-3/h4-11,16H,12-14H2,1-3H3,(H,22,24)(H,23,25). The summed E-state index contributed by atoms with van der Waals surface area (Å²) in [4.78, 5) is 25.4. The number of rotatable bonds is 9. The quantitative estimate of drug-likeness (QED) is 0.512. The highest BCUT2D eigenvalue weighted by molar-refractivity contribution is 8.00. The second kappa shape index (κ2) is 10.7. The molecule has 0 aliphatic rings. The first-order valence-corrected chi connectivity index (χ1v) is 9.85. The Balaban J connectivity index is 2.00. The van der Waals surface area contributed by atoms with Gasteiger partial charge in [-0.3, -0.25) is 9.59 Å². The SMILES string of the molecule is COCCNC(=O)CSc1ccccc1C(=O)NC(C)c1ccccc1C. The molecule has 2 amide bonds. The summed E-state index contributed by atoms with van der Waals surface area (Å²) in [6.07, 6.45) is 0. The molecule has 0 aromatic heterocycles. The number of carbonyl (C=O) groups is 2. The van der Waals surface area contributed by atoms with E-state index in [9.17, 15) is 9.59 Å². The largest absolute Gasteiger partial charge is 0.383 e. The van der Waals surface area contributed by atoms with Crippen LogP contribution in [0, 0.1) is 6.92 Å². The van der Waals surface area contributed by atoms with Crippen molar-refractivity contribution in [2.24, 2.45) is 0 Å². The summed E-state index contributed by atoms with van der Waals surface area (Å²) >= 11 is 1.35. The second-order valence-corrected chi connectivity index (χ2v) is 7.20. The van der Waals surface area contributed by atoms with Crippen LogP contribution in [0.1, 0.15) is 34.5 Å². The maximum Gasteiger partial charge on any atom is 0.252 e. The molecular formula is C21H26N2O3S. The zero-order chi connectivity index (χ0) is 19.6. The van der Waals surface area contributed by atoms with E-state index in [0.29, 0.717) is 18.7 Å². The van der Waals surface area contributed by atoms with Gasteiger partial charge in [-0.05, 0) is 37.1 Å². The molecule has 2 rings (SSSR count). The predicted octanol–water partition coefficient (Wildman–Crippen LogP) is 3.34.